The first-order valence-corrected chi connectivity index (χ1v) is 8.25. The summed E-state index contributed by atoms with van der Waals surface area (Å²) in [5.41, 5.74) is 7.20. The van der Waals surface area contributed by atoms with Crippen molar-refractivity contribution < 1.29 is 12.8 Å². The number of aryl methyl sites for hydroxylation is 1. The van der Waals surface area contributed by atoms with Gasteiger partial charge in [-0.25, -0.2) is 8.42 Å². The van der Waals surface area contributed by atoms with Crippen LogP contribution in [0.5, 0.6) is 0 Å². The van der Waals surface area contributed by atoms with Crippen molar-refractivity contribution in [3.63, 3.8) is 0 Å². The Balaban J connectivity index is 2.35. The summed E-state index contributed by atoms with van der Waals surface area (Å²) in [5.74, 6) is 0.622. The fourth-order valence-corrected chi connectivity index (χ4v) is 3.83. The molecule has 2 N–H and O–H groups in total. The summed E-state index contributed by atoms with van der Waals surface area (Å²) in [6, 6.07) is 8.70. The van der Waals surface area contributed by atoms with E-state index in [1.807, 2.05) is 13.0 Å². The van der Waals surface area contributed by atoms with Crippen molar-refractivity contribution in [2.75, 3.05) is 6.54 Å². The molecule has 0 aliphatic heterocycles. The Bertz CT molecular complexity index is 694. The average Bonchev–Trinajstić information content (AvgIpc) is 2.97. The molecule has 114 valence electrons. The molecule has 6 heteroatoms. The van der Waals surface area contributed by atoms with E-state index in [0.717, 1.165) is 5.56 Å². The first-order valence-electron chi connectivity index (χ1n) is 6.81. The molecule has 5 nitrogen and oxygen atoms in total. The predicted octanol–water partition coefficient (Wildman–Crippen LogP) is 2.26. The lowest BCUT2D eigenvalue weighted by Crippen LogP contribution is -2.30. The van der Waals surface area contributed by atoms with E-state index in [-0.39, 0.29) is 6.54 Å². The largest absolute Gasteiger partial charge is 0.468 e. The number of hydrogen-bond acceptors (Lipinski definition) is 4. The van der Waals surface area contributed by atoms with Gasteiger partial charge in [-0.2, -0.15) is 4.31 Å². The lowest BCUT2D eigenvalue weighted by atomic mass is 10.1. The number of benzene rings is 1. The molecule has 0 atom stereocenters. The van der Waals surface area contributed by atoms with Crippen LogP contribution >= 0.6 is 0 Å². The van der Waals surface area contributed by atoms with E-state index in [4.69, 9.17) is 10.2 Å². The molecule has 0 amide bonds. The molecule has 1 heterocycles. The Hall–Kier alpha value is -1.63. The maximum Gasteiger partial charge on any atom is 0.243 e. The zero-order valence-electron chi connectivity index (χ0n) is 12.2. The third-order valence-corrected chi connectivity index (χ3v) is 5.44. The van der Waals surface area contributed by atoms with Crippen LogP contribution in [0.3, 0.4) is 0 Å². The molecule has 0 aliphatic rings. The Morgan fingerprint density at radius 1 is 1.29 bits per heavy atom. The summed E-state index contributed by atoms with van der Waals surface area (Å²) in [7, 11) is -3.55. The zero-order chi connectivity index (χ0) is 15.5. The number of sulfonamides is 1. The van der Waals surface area contributed by atoms with Gasteiger partial charge in [-0.1, -0.05) is 19.1 Å². The average molecular weight is 308 g/mol. The van der Waals surface area contributed by atoms with E-state index in [0.29, 0.717) is 29.3 Å². The van der Waals surface area contributed by atoms with Crippen molar-refractivity contribution in [2.24, 2.45) is 5.73 Å². The molecule has 21 heavy (non-hydrogen) atoms. The van der Waals surface area contributed by atoms with Gasteiger partial charge in [0.05, 0.1) is 17.7 Å². The van der Waals surface area contributed by atoms with Crippen LogP contribution in [0.1, 0.15) is 23.8 Å². The number of nitrogens with two attached hydrogens (primary N) is 1. The second kappa shape index (κ2) is 6.43. The van der Waals surface area contributed by atoms with Crippen LogP contribution in [-0.2, 0) is 23.1 Å². The quantitative estimate of drug-likeness (QED) is 0.888. The lowest BCUT2D eigenvalue weighted by Gasteiger charge is -2.20. The van der Waals surface area contributed by atoms with Crippen LogP contribution in [0, 0.1) is 6.92 Å². The van der Waals surface area contributed by atoms with Crippen molar-refractivity contribution >= 4 is 10.0 Å². The maximum atomic E-state index is 12.8. The molecule has 1 aromatic heterocycles. The van der Waals surface area contributed by atoms with E-state index >= 15 is 0 Å². The van der Waals surface area contributed by atoms with Gasteiger partial charge in [-0.3, -0.25) is 0 Å². The molecule has 0 aliphatic carbocycles. The highest BCUT2D eigenvalue weighted by Crippen LogP contribution is 2.22. The molecule has 0 radical (unpaired) electrons. The van der Waals surface area contributed by atoms with Crippen molar-refractivity contribution in [2.45, 2.75) is 31.8 Å². The summed E-state index contributed by atoms with van der Waals surface area (Å²) in [4.78, 5) is 0.313. The molecule has 0 spiro atoms. The third kappa shape index (κ3) is 3.34. The molecule has 0 saturated carbocycles. The summed E-state index contributed by atoms with van der Waals surface area (Å²) in [6.07, 6.45) is 1.54. The topological polar surface area (TPSA) is 76.5 Å². The molecular weight excluding hydrogens is 288 g/mol. The Morgan fingerprint density at radius 3 is 2.57 bits per heavy atom. The van der Waals surface area contributed by atoms with Crippen molar-refractivity contribution in [3.05, 3.63) is 53.5 Å². The van der Waals surface area contributed by atoms with Gasteiger partial charge in [0, 0.05) is 13.1 Å². The number of hydrogen-bond donors (Lipinski definition) is 1. The lowest BCUT2D eigenvalue weighted by molar-refractivity contribution is 0.375. The first-order chi connectivity index (χ1) is 9.98. The highest BCUT2D eigenvalue weighted by Gasteiger charge is 2.25. The van der Waals surface area contributed by atoms with Crippen LogP contribution in [0.2, 0.25) is 0 Å². The number of rotatable bonds is 6. The maximum absolute atomic E-state index is 12.8. The number of nitrogens with zero attached hydrogens (tertiary/aromatic N) is 1. The second-order valence-electron chi connectivity index (χ2n) is 4.81. The minimum Gasteiger partial charge on any atom is -0.468 e. The van der Waals surface area contributed by atoms with Crippen LogP contribution in [0.15, 0.2) is 45.9 Å². The van der Waals surface area contributed by atoms with E-state index in [1.165, 1.54) is 10.6 Å². The molecule has 1 aromatic carbocycles. The molecule has 0 unspecified atom stereocenters. The normalized spacial score (nSPS) is 12.0. The Kier molecular flexibility index (Phi) is 4.82. The van der Waals surface area contributed by atoms with Crippen molar-refractivity contribution in [1.29, 1.82) is 0 Å². The number of furan rings is 1. The summed E-state index contributed by atoms with van der Waals surface area (Å²) in [5, 5.41) is 0. The third-order valence-electron chi connectivity index (χ3n) is 3.36. The van der Waals surface area contributed by atoms with Gasteiger partial charge in [0.2, 0.25) is 10.0 Å². The van der Waals surface area contributed by atoms with Gasteiger partial charge in [-0.15, -0.1) is 0 Å². The minimum absolute atomic E-state index is 0.226. The molecular formula is C15H20N2O3S. The standard InChI is InChI=1S/C15H20N2O3S/c1-3-17(11-14-5-4-8-20-14)21(18,19)15-7-6-13(10-16)9-12(15)2/h4-9H,3,10-11,16H2,1-2H3. The van der Waals surface area contributed by atoms with Gasteiger partial charge in [0.25, 0.3) is 0 Å². The Labute approximate surface area is 125 Å². The van der Waals surface area contributed by atoms with Crippen molar-refractivity contribution in [3.8, 4) is 0 Å². The van der Waals surface area contributed by atoms with Crippen LogP contribution in [0.4, 0.5) is 0 Å². The predicted molar refractivity (Wildman–Crippen MR) is 81.0 cm³/mol. The van der Waals surface area contributed by atoms with Crippen molar-refractivity contribution in [1.82, 2.24) is 4.31 Å². The highest BCUT2D eigenvalue weighted by molar-refractivity contribution is 7.89. The highest BCUT2D eigenvalue weighted by atomic mass is 32.2. The molecule has 0 bridgehead atoms. The first kappa shape index (κ1) is 15.8. The van der Waals surface area contributed by atoms with Crippen LogP contribution < -0.4 is 5.73 Å². The van der Waals surface area contributed by atoms with Gasteiger partial charge in [-0.05, 0) is 36.2 Å². The SMILES string of the molecule is CCN(Cc1ccco1)S(=O)(=O)c1ccc(CN)cc1C. The summed E-state index contributed by atoms with van der Waals surface area (Å²) < 4.78 is 32.2. The summed E-state index contributed by atoms with van der Waals surface area (Å²) in [6.45, 7) is 4.59. The molecule has 0 saturated heterocycles. The van der Waals surface area contributed by atoms with Crippen LogP contribution in [-0.4, -0.2) is 19.3 Å². The fraction of sp³-hybridized carbons (Fsp3) is 0.333. The van der Waals surface area contributed by atoms with E-state index in [1.54, 1.807) is 31.2 Å². The van der Waals surface area contributed by atoms with Gasteiger partial charge in [0.15, 0.2) is 0 Å². The monoisotopic (exact) mass is 308 g/mol. The van der Waals surface area contributed by atoms with E-state index in [9.17, 15) is 8.42 Å². The van der Waals surface area contributed by atoms with E-state index < -0.39 is 10.0 Å². The van der Waals surface area contributed by atoms with E-state index in [2.05, 4.69) is 0 Å². The second-order valence-corrected chi connectivity index (χ2v) is 6.72. The Morgan fingerprint density at radius 2 is 2.05 bits per heavy atom. The van der Waals surface area contributed by atoms with Gasteiger partial charge >= 0.3 is 0 Å². The fourth-order valence-electron chi connectivity index (χ4n) is 2.21. The zero-order valence-corrected chi connectivity index (χ0v) is 13.1. The minimum atomic E-state index is -3.55. The molecule has 2 rings (SSSR count). The smallest absolute Gasteiger partial charge is 0.243 e. The van der Waals surface area contributed by atoms with Gasteiger partial charge in [0.1, 0.15) is 5.76 Å². The van der Waals surface area contributed by atoms with Crippen LogP contribution in [0.25, 0.3) is 0 Å². The molecule has 0 fully saturated rings. The summed E-state index contributed by atoms with van der Waals surface area (Å²) >= 11 is 0. The molecule has 2 aromatic rings. The van der Waals surface area contributed by atoms with Gasteiger partial charge < -0.3 is 10.2 Å².